The Morgan fingerprint density at radius 1 is 1.03 bits per heavy atom. The number of piperidine rings is 1. The van der Waals surface area contributed by atoms with Crippen molar-refractivity contribution in [3.8, 4) is 0 Å². The van der Waals surface area contributed by atoms with Crippen LogP contribution in [0.25, 0.3) is 0 Å². The number of aryl methyl sites for hydroxylation is 1. The lowest BCUT2D eigenvalue weighted by Gasteiger charge is -2.34. The predicted molar refractivity (Wildman–Crippen MR) is 121 cm³/mol. The summed E-state index contributed by atoms with van der Waals surface area (Å²) >= 11 is 0. The van der Waals surface area contributed by atoms with Gasteiger partial charge in [-0.2, -0.15) is 13.2 Å². The molecule has 1 atom stereocenters. The third kappa shape index (κ3) is 5.31. The molecule has 1 fully saturated rings. The molecule has 2 aliphatic rings. The van der Waals surface area contributed by atoms with Crippen molar-refractivity contribution in [1.82, 2.24) is 4.90 Å². The number of amides is 2. The number of carbonyl (C=O) groups is 2. The Bertz CT molecular complexity index is 1020. The fourth-order valence-corrected chi connectivity index (χ4v) is 4.74. The molecule has 2 aliphatic heterocycles. The number of hydrogen-bond donors (Lipinski definition) is 1. The van der Waals surface area contributed by atoms with E-state index in [0.717, 1.165) is 61.2 Å². The van der Waals surface area contributed by atoms with Gasteiger partial charge in [-0.1, -0.05) is 12.1 Å². The van der Waals surface area contributed by atoms with Gasteiger partial charge in [-0.3, -0.25) is 9.59 Å². The van der Waals surface area contributed by atoms with Gasteiger partial charge in [0.05, 0.1) is 5.56 Å². The van der Waals surface area contributed by atoms with Gasteiger partial charge >= 0.3 is 6.18 Å². The first-order valence-corrected chi connectivity index (χ1v) is 11.3. The Kier molecular flexibility index (Phi) is 6.63. The second-order valence-electron chi connectivity index (χ2n) is 8.78. The molecule has 1 unspecified atom stereocenters. The number of nitrogens with zero attached hydrogens (tertiary/aromatic N) is 2. The zero-order chi connectivity index (χ0) is 23.6. The number of rotatable bonds is 4. The van der Waals surface area contributed by atoms with Crippen molar-refractivity contribution in [1.29, 1.82) is 0 Å². The lowest BCUT2D eigenvalue weighted by molar-refractivity contribution is -0.138. The van der Waals surface area contributed by atoms with Crippen LogP contribution in [0.15, 0.2) is 42.5 Å². The minimum Gasteiger partial charge on any atom is -0.367 e. The summed E-state index contributed by atoms with van der Waals surface area (Å²) in [5.41, 5.74) is 2.99. The Morgan fingerprint density at radius 2 is 1.79 bits per heavy atom. The molecule has 0 bridgehead atoms. The second-order valence-corrected chi connectivity index (χ2v) is 8.78. The van der Waals surface area contributed by atoms with E-state index in [1.807, 2.05) is 18.2 Å². The summed E-state index contributed by atoms with van der Waals surface area (Å²) < 4.78 is 38.5. The first-order valence-electron chi connectivity index (χ1n) is 11.3. The van der Waals surface area contributed by atoms with Crippen molar-refractivity contribution in [2.45, 2.75) is 57.8 Å². The molecular formula is C25H28F3N3O2. The van der Waals surface area contributed by atoms with Gasteiger partial charge in [0.15, 0.2) is 0 Å². The van der Waals surface area contributed by atoms with Crippen LogP contribution < -0.4 is 10.2 Å². The molecule has 0 aliphatic carbocycles. The topological polar surface area (TPSA) is 52.7 Å². The normalized spacial score (nSPS) is 18.6. The van der Waals surface area contributed by atoms with E-state index >= 15 is 0 Å². The van der Waals surface area contributed by atoms with Crippen molar-refractivity contribution >= 4 is 23.2 Å². The maximum absolute atomic E-state index is 12.9. The molecule has 1 N–H and O–H groups in total. The van der Waals surface area contributed by atoms with Gasteiger partial charge in [0.2, 0.25) is 11.8 Å². The molecule has 2 aromatic carbocycles. The second kappa shape index (κ2) is 9.45. The highest BCUT2D eigenvalue weighted by Crippen LogP contribution is 2.33. The monoisotopic (exact) mass is 459 g/mol. The van der Waals surface area contributed by atoms with E-state index in [-0.39, 0.29) is 11.8 Å². The summed E-state index contributed by atoms with van der Waals surface area (Å²) in [5, 5.41) is 2.97. The highest BCUT2D eigenvalue weighted by Gasteiger charge is 2.31. The summed E-state index contributed by atoms with van der Waals surface area (Å²) in [5.74, 6) is -0.249. The van der Waals surface area contributed by atoms with Gasteiger partial charge in [0.1, 0.15) is 6.04 Å². The maximum Gasteiger partial charge on any atom is 0.416 e. The summed E-state index contributed by atoms with van der Waals surface area (Å²) in [6.45, 7) is 3.44. The van der Waals surface area contributed by atoms with Crippen molar-refractivity contribution in [3.05, 3.63) is 59.2 Å². The average molecular weight is 460 g/mol. The van der Waals surface area contributed by atoms with Crippen LogP contribution >= 0.6 is 0 Å². The lowest BCUT2D eigenvalue weighted by Crippen LogP contribution is -2.49. The standard InChI is InChI=1S/C25H28F3N3O2/c1-17(32)31-14-3-2-6-23(31)24(33)29-21-11-12-22-19(15-21)5-4-13-30(22)16-18-7-9-20(10-8-18)25(26,27)28/h7-12,15,23H,2-6,13-14,16H2,1H3,(H,29,33). The first kappa shape index (κ1) is 23.1. The number of anilines is 2. The SMILES string of the molecule is CC(=O)N1CCCCC1C(=O)Nc1ccc2c(c1)CCCN2Cc1ccc(C(F)(F)F)cc1. The number of alkyl halides is 3. The van der Waals surface area contributed by atoms with Crippen molar-refractivity contribution in [3.63, 3.8) is 0 Å². The van der Waals surface area contributed by atoms with E-state index < -0.39 is 17.8 Å². The highest BCUT2D eigenvalue weighted by molar-refractivity contribution is 5.97. The molecular weight excluding hydrogens is 431 g/mol. The van der Waals surface area contributed by atoms with Crippen LogP contribution in [-0.4, -0.2) is 35.8 Å². The number of fused-ring (bicyclic) bond motifs is 1. The molecule has 5 nitrogen and oxygen atoms in total. The number of nitrogens with one attached hydrogen (secondary N) is 1. The molecule has 0 radical (unpaired) electrons. The van der Waals surface area contributed by atoms with Crippen LogP contribution in [0, 0.1) is 0 Å². The van der Waals surface area contributed by atoms with E-state index in [1.165, 1.54) is 19.1 Å². The molecule has 8 heteroatoms. The van der Waals surface area contributed by atoms with Gasteiger partial charge in [-0.25, -0.2) is 0 Å². The number of likely N-dealkylation sites (tertiary alicyclic amines) is 1. The van der Waals surface area contributed by atoms with Gasteiger partial charge in [-0.05, 0) is 73.6 Å². The van der Waals surface area contributed by atoms with Crippen LogP contribution in [0.4, 0.5) is 24.5 Å². The number of halogens is 3. The predicted octanol–water partition coefficient (Wildman–Crippen LogP) is 5.00. The number of hydrogen-bond acceptors (Lipinski definition) is 3. The fraction of sp³-hybridized carbons (Fsp3) is 0.440. The zero-order valence-electron chi connectivity index (χ0n) is 18.6. The van der Waals surface area contributed by atoms with Crippen molar-refractivity contribution in [2.75, 3.05) is 23.3 Å². The van der Waals surface area contributed by atoms with Crippen LogP contribution in [0.5, 0.6) is 0 Å². The molecule has 1 saturated heterocycles. The number of benzene rings is 2. The van der Waals surface area contributed by atoms with E-state index in [9.17, 15) is 22.8 Å². The summed E-state index contributed by atoms with van der Waals surface area (Å²) in [7, 11) is 0. The Hall–Kier alpha value is -3.03. The van der Waals surface area contributed by atoms with E-state index in [1.54, 1.807) is 4.90 Å². The summed E-state index contributed by atoms with van der Waals surface area (Å²) in [6.07, 6.45) is -0.0489. The van der Waals surface area contributed by atoms with Crippen LogP contribution in [-0.2, 0) is 28.7 Å². The molecule has 176 valence electrons. The molecule has 33 heavy (non-hydrogen) atoms. The molecule has 0 spiro atoms. The third-order valence-corrected chi connectivity index (χ3v) is 6.43. The highest BCUT2D eigenvalue weighted by atomic mass is 19.4. The maximum atomic E-state index is 12.9. The molecule has 2 amide bonds. The fourth-order valence-electron chi connectivity index (χ4n) is 4.74. The Morgan fingerprint density at radius 3 is 2.48 bits per heavy atom. The summed E-state index contributed by atoms with van der Waals surface area (Å²) in [4.78, 5) is 28.6. The average Bonchev–Trinajstić information content (AvgIpc) is 2.79. The minimum absolute atomic E-state index is 0.0841. The molecule has 0 saturated carbocycles. The molecule has 2 aromatic rings. The van der Waals surface area contributed by atoms with Gasteiger partial charge in [0.25, 0.3) is 0 Å². The first-order chi connectivity index (χ1) is 15.7. The van der Waals surface area contributed by atoms with E-state index in [2.05, 4.69) is 10.2 Å². The largest absolute Gasteiger partial charge is 0.416 e. The smallest absolute Gasteiger partial charge is 0.367 e. The lowest BCUT2D eigenvalue weighted by atomic mass is 9.99. The van der Waals surface area contributed by atoms with E-state index in [4.69, 9.17) is 0 Å². The zero-order valence-corrected chi connectivity index (χ0v) is 18.6. The van der Waals surface area contributed by atoms with Crippen LogP contribution in [0.1, 0.15) is 49.3 Å². The Balaban J connectivity index is 1.46. The van der Waals surface area contributed by atoms with E-state index in [0.29, 0.717) is 25.2 Å². The van der Waals surface area contributed by atoms with Gasteiger partial charge in [-0.15, -0.1) is 0 Å². The molecule has 2 heterocycles. The number of carbonyl (C=O) groups excluding carboxylic acids is 2. The van der Waals surface area contributed by atoms with Gasteiger partial charge < -0.3 is 15.1 Å². The summed E-state index contributed by atoms with van der Waals surface area (Å²) in [6, 6.07) is 10.6. The van der Waals surface area contributed by atoms with Crippen molar-refractivity contribution in [2.24, 2.45) is 0 Å². The van der Waals surface area contributed by atoms with Crippen LogP contribution in [0.2, 0.25) is 0 Å². The van der Waals surface area contributed by atoms with Crippen LogP contribution in [0.3, 0.4) is 0 Å². The molecule has 0 aromatic heterocycles. The molecule has 4 rings (SSSR count). The van der Waals surface area contributed by atoms with Crippen molar-refractivity contribution < 1.29 is 22.8 Å². The quantitative estimate of drug-likeness (QED) is 0.700. The van der Waals surface area contributed by atoms with Gasteiger partial charge in [0, 0.05) is 37.9 Å². The third-order valence-electron chi connectivity index (χ3n) is 6.43. The Labute approximate surface area is 191 Å². The minimum atomic E-state index is -4.34.